The van der Waals surface area contributed by atoms with Crippen LogP contribution in [0.1, 0.15) is 32.6 Å². The van der Waals surface area contributed by atoms with Gasteiger partial charge in [0.2, 0.25) is 5.91 Å². The molecule has 0 aromatic rings. The Labute approximate surface area is 86.9 Å². The fourth-order valence-electron chi connectivity index (χ4n) is 1.58. The summed E-state index contributed by atoms with van der Waals surface area (Å²) in [4.78, 5) is 13.0. The van der Waals surface area contributed by atoms with Gasteiger partial charge in [0.05, 0.1) is 0 Å². The molecule has 1 saturated carbocycles. The summed E-state index contributed by atoms with van der Waals surface area (Å²) < 4.78 is 0. The Balaban J connectivity index is 2.08. The molecule has 0 aromatic heterocycles. The maximum absolute atomic E-state index is 11.4. The molecule has 3 heteroatoms. The molecule has 1 amide bonds. The lowest BCUT2D eigenvalue weighted by Gasteiger charge is -2.27. The van der Waals surface area contributed by atoms with E-state index in [4.69, 9.17) is 0 Å². The average molecular weight is 198 g/mol. The van der Waals surface area contributed by atoms with Gasteiger partial charge in [-0.3, -0.25) is 4.79 Å². The molecule has 1 rings (SSSR count). The highest BCUT2D eigenvalue weighted by atomic mass is 16.2. The molecular weight excluding hydrogens is 176 g/mol. The fraction of sp³-hybridized carbons (Fsp3) is 0.909. The number of carbonyl (C=O) groups is 1. The topological polar surface area (TPSA) is 32.3 Å². The van der Waals surface area contributed by atoms with Crippen LogP contribution in [0.3, 0.4) is 0 Å². The minimum atomic E-state index is 0.207. The Bertz CT molecular complexity index is 188. The van der Waals surface area contributed by atoms with E-state index in [1.807, 2.05) is 0 Å². The molecule has 1 atom stereocenters. The maximum atomic E-state index is 11.4. The van der Waals surface area contributed by atoms with Crippen molar-refractivity contribution in [2.75, 3.05) is 20.6 Å². The third kappa shape index (κ3) is 3.66. The van der Waals surface area contributed by atoms with Gasteiger partial charge in [-0.2, -0.15) is 0 Å². The van der Waals surface area contributed by atoms with Crippen molar-refractivity contribution in [2.24, 2.45) is 5.92 Å². The van der Waals surface area contributed by atoms with Crippen LogP contribution in [0.4, 0.5) is 0 Å². The van der Waals surface area contributed by atoms with Crippen molar-refractivity contribution in [1.29, 1.82) is 0 Å². The van der Waals surface area contributed by atoms with Crippen molar-refractivity contribution in [3.63, 3.8) is 0 Å². The van der Waals surface area contributed by atoms with Crippen LogP contribution in [0.25, 0.3) is 0 Å². The van der Waals surface area contributed by atoms with Crippen LogP contribution < -0.4 is 5.32 Å². The molecule has 1 fully saturated rings. The van der Waals surface area contributed by atoms with Gasteiger partial charge in [0.25, 0.3) is 0 Å². The maximum Gasteiger partial charge on any atom is 0.223 e. The molecule has 0 spiro atoms. The van der Waals surface area contributed by atoms with Gasteiger partial charge in [0, 0.05) is 26.6 Å². The van der Waals surface area contributed by atoms with E-state index in [1.54, 1.807) is 19.0 Å². The molecule has 82 valence electrons. The Morgan fingerprint density at radius 1 is 1.50 bits per heavy atom. The first-order valence-electron chi connectivity index (χ1n) is 5.53. The van der Waals surface area contributed by atoms with Crippen molar-refractivity contribution >= 4 is 5.91 Å². The normalized spacial score (nSPS) is 18.8. The molecule has 1 aliphatic carbocycles. The van der Waals surface area contributed by atoms with E-state index in [0.29, 0.717) is 12.5 Å². The first-order chi connectivity index (χ1) is 6.59. The monoisotopic (exact) mass is 198 g/mol. The minimum absolute atomic E-state index is 0.207. The molecule has 0 bridgehead atoms. The predicted molar refractivity (Wildman–Crippen MR) is 58.1 cm³/mol. The Morgan fingerprint density at radius 2 is 2.14 bits per heavy atom. The molecule has 14 heavy (non-hydrogen) atoms. The summed E-state index contributed by atoms with van der Waals surface area (Å²) in [6.45, 7) is 3.17. The largest absolute Gasteiger partial charge is 0.349 e. The van der Waals surface area contributed by atoms with E-state index >= 15 is 0 Å². The van der Waals surface area contributed by atoms with Crippen molar-refractivity contribution < 1.29 is 4.79 Å². The molecule has 0 saturated heterocycles. The third-order valence-corrected chi connectivity index (χ3v) is 2.96. The summed E-state index contributed by atoms with van der Waals surface area (Å²) in [6.07, 6.45) is 4.72. The number of carbonyl (C=O) groups excluding carboxylic acids is 1. The van der Waals surface area contributed by atoms with Crippen molar-refractivity contribution in [2.45, 2.75) is 38.6 Å². The quantitative estimate of drug-likeness (QED) is 0.721. The van der Waals surface area contributed by atoms with Crippen LogP contribution >= 0.6 is 0 Å². The van der Waals surface area contributed by atoms with E-state index in [-0.39, 0.29) is 5.91 Å². The van der Waals surface area contributed by atoms with Crippen molar-refractivity contribution in [3.05, 3.63) is 0 Å². The van der Waals surface area contributed by atoms with E-state index in [2.05, 4.69) is 12.2 Å². The second kappa shape index (κ2) is 5.35. The lowest BCUT2D eigenvalue weighted by Crippen LogP contribution is -2.37. The van der Waals surface area contributed by atoms with Crippen LogP contribution in [-0.4, -0.2) is 37.5 Å². The SMILES string of the molecule is CC(CC(=O)N(C)C)NCC1CCC1. The van der Waals surface area contributed by atoms with Gasteiger partial charge in [-0.15, -0.1) is 0 Å². The first-order valence-corrected chi connectivity index (χ1v) is 5.53. The second-order valence-corrected chi connectivity index (χ2v) is 4.60. The Morgan fingerprint density at radius 3 is 2.57 bits per heavy atom. The van der Waals surface area contributed by atoms with E-state index in [9.17, 15) is 4.79 Å². The highest BCUT2D eigenvalue weighted by Crippen LogP contribution is 2.25. The van der Waals surface area contributed by atoms with Gasteiger partial charge in [0.1, 0.15) is 0 Å². The molecule has 1 unspecified atom stereocenters. The molecule has 0 radical (unpaired) electrons. The van der Waals surface area contributed by atoms with E-state index < -0.39 is 0 Å². The van der Waals surface area contributed by atoms with Crippen LogP contribution in [0.15, 0.2) is 0 Å². The lowest BCUT2D eigenvalue weighted by molar-refractivity contribution is -0.129. The predicted octanol–water partition coefficient (Wildman–Crippen LogP) is 1.24. The van der Waals surface area contributed by atoms with Crippen LogP contribution in [-0.2, 0) is 4.79 Å². The molecule has 1 N–H and O–H groups in total. The van der Waals surface area contributed by atoms with Crippen molar-refractivity contribution in [1.82, 2.24) is 10.2 Å². The molecule has 3 nitrogen and oxygen atoms in total. The first kappa shape index (κ1) is 11.5. The molecule has 0 aromatic carbocycles. The van der Waals surface area contributed by atoms with Gasteiger partial charge in [-0.1, -0.05) is 6.42 Å². The summed E-state index contributed by atoms with van der Waals surface area (Å²) >= 11 is 0. The van der Waals surface area contributed by atoms with Gasteiger partial charge in [-0.25, -0.2) is 0 Å². The summed E-state index contributed by atoms with van der Waals surface area (Å²) in [5, 5.41) is 3.42. The summed E-state index contributed by atoms with van der Waals surface area (Å²) in [6, 6.07) is 0.311. The number of amides is 1. The highest BCUT2D eigenvalue weighted by Gasteiger charge is 2.18. The zero-order chi connectivity index (χ0) is 10.6. The molecule has 0 heterocycles. The van der Waals surface area contributed by atoms with Gasteiger partial charge < -0.3 is 10.2 Å². The molecule has 1 aliphatic rings. The average Bonchev–Trinajstić information content (AvgIpc) is 2.00. The zero-order valence-corrected chi connectivity index (χ0v) is 9.55. The third-order valence-electron chi connectivity index (χ3n) is 2.96. The highest BCUT2D eigenvalue weighted by molar-refractivity contribution is 5.76. The van der Waals surface area contributed by atoms with Crippen molar-refractivity contribution in [3.8, 4) is 0 Å². The van der Waals surface area contributed by atoms with Gasteiger partial charge >= 0.3 is 0 Å². The molecule has 0 aliphatic heterocycles. The smallest absolute Gasteiger partial charge is 0.223 e. The number of hydrogen-bond acceptors (Lipinski definition) is 2. The lowest BCUT2D eigenvalue weighted by atomic mass is 9.85. The number of hydrogen-bond donors (Lipinski definition) is 1. The van der Waals surface area contributed by atoms with Crippen LogP contribution in [0.2, 0.25) is 0 Å². The summed E-state index contributed by atoms with van der Waals surface area (Å²) in [7, 11) is 3.61. The summed E-state index contributed by atoms with van der Waals surface area (Å²) in [5.41, 5.74) is 0. The minimum Gasteiger partial charge on any atom is -0.349 e. The Kier molecular flexibility index (Phi) is 4.39. The number of nitrogens with zero attached hydrogens (tertiary/aromatic N) is 1. The second-order valence-electron chi connectivity index (χ2n) is 4.60. The van der Waals surface area contributed by atoms with Crippen LogP contribution in [0, 0.1) is 5.92 Å². The van der Waals surface area contributed by atoms with E-state index in [1.165, 1.54) is 19.3 Å². The fourth-order valence-corrected chi connectivity index (χ4v) is 1.58. The number of nitrogens with one attached hydrogen (secondary N) is 1. The summed E-state index contributed by atoms with van der Waals surface area (Å²) in [5.74, 6) is 1.07. The van der Waals surface area contributed by atoms with E-state index in [0.717, 1.165) is 12.5 Å². The van der Waals surface area contributed by atoms with Gasteiger partial charge in [-0.05, 0) is 32.2 Å². The standard InChI is InChI=1S/C11H22N2O/c1-9(7-11(14)13(2)3)12-8-10-5-4-6-10/h9-10,12H,4-8H2,1-3H3. The number of rotatable bonds is 5. The van der Waals surface area contributed by atoms with Crippen LogP contribution in [0.5, 0.6) is 0 Å². The Hall–Kier alpha value is -0.570. The van der Waals surface area contributed by atoms with Gasteiger partial charge in [0.15, 0.2) is 0 Å². The zero-order valence-electron chi connectivity index (χ0n) is 9.55. The molecular formula is C11H22N2O.